The number of hydrogen-bond donors (Lipinski definition) is 0. The summed E-state index contributed by atoms with van der Waals surface area (Å²) in [7, 11) is 3.75. The number of rotatable bonds is 0. The maximum atomic E-state index is 13.0. The first-order chi connectivity index (χ1) is 10.9. The van der Waals surface area contributed by atoms with E-state index >= 15 is 0 Å². The molecule has 3 nitrogen and oxygen atoms in total. The van der Waals surface area contributed by atoms with Gasteiger partial charge < -0.3 is 9.80 Å². The Morgan fingerprint density at radius 1 is 1.09 bits per heavy atom. The van der Waals surface area contributed by atoms with Crippen molar-refractivity contribution in [3.8, 4) is 0 Å². The summed E-state index contributed by atoms with van der Waals surface area (Å²) < 4.78 is 0. The van der Waals surface area contributed by atoms with Crippen molar-refractivity contribution in [2.75, 3.05) is 14.1 Å². The van der Waals surface area contributed by atoms with Gasteiger partial charge in [-0.25, -0.2) is 4.79 Å². The van der Waals surface area contributed by atoms with Gasteiger partial charge in [-0.2, -0.15) is 0 Å². The smallest absolute Gasteiger partial charge is 0.320 e. The molecule has 1 aliphatic carbocycles. The number of urea groups is 1. The van der Waals surface area contributed by atoms with Crippen molar-refractivity contribution in [1.29, 1.82) is 0 Å². The van der Waals surface area contributed by atoms with E-state index in [0.717, 1.165) is 25.8 Å². The summed E-state index contributed by atoms with van der Waals surface area (Å²) in [6, 6.07) is 8.87. The van der Waals surface area contributed by atoms with E-state index in [1.165, 1.54) is 30.4 Å². The highest BCUT2D eigenvalue weighted by Gasteiger charge is 2.47. The van der Waals surface area contributed by atoms with Gasteiger partial charge in [-0.1, -0.05) is 57.4 Å². The number of carbonyl (C=O) groups excluding carboxylic acids is 1. The van der Waals surface area contributed by atoms with Crippen LogP contribution in [-0.2, 0) is 12.0 Å². The first-order valence-corrected chi connectivity index (χ1v) is 8.93. The number of nitrogens with zero attached hydrogens (tertiary/aromatic N) is 2. The van der Waals surface area contributed by atoms with Gasteiger partial charge in [0.25, 0.3) is 0 Å². The fourth-order valence-corrected chi connectivity index (χ4v) is 4.84. The second-order valence-corrected chi connectivity index (χ2v) is 8.27. The van der Waals surface area contributed by atoms with Gasteiger partial charge in [0.15, 0.2) is 0 Å². The van der Waals surface area contributed by atoms with E-state index in [1.54, 1.807) is 4.90 Å². The number of carbonyl (C=O) groups is 1. The van der Waals surface area contributed by atoms with Crippen LogP contribution in [-0.4, -0.2) is 35.5 Å². The molecular weight excluding hydrogens is 284 g/mol. The monoisotopic (exact) mass is 314 g/mol. The molecule has 1 saturated carbocycles. The van der Waals surface area contributed by atoms with Gasteiger partial charge >= 0.3 is 6.03 Å². The van der Waals surface area contributed by atoms with Crippen LogP contribution in [0.4, 0.5) is 4.79 Å². The Balaban J connectivity index is 2.10. The molecule has 1 aliphatic heterocycles. The topological polar surface area (TPSA) is 23.6 Å². The van der Waals surface area contributed by atoms with E-state index < -0.39 is 0 Å². The molecule has 0 bridgehead atoms. The fraction of sp³-hybridized carbons (Fsp3) is 0.650. The maximum absolute atomic E-state index is 13.0. The van der Waals surface area contributed by atoms with E-state index in [9.17, 15) is 4.79 Å². The van der Waals surface area contributed by atoms with E-state index in [-0.39, 0.29) is 17.0 Å². The van der Waals surface area contributed by atoms with E-state index in [0.29, 0.717) is 0 Å². The molecule has 0 atom stereocenters. The highest BCUT2D eigenvalue weighted by Crippen LogP contribution is 2.47. The summed E-state index contributed by atoms with van der Waals surface area (Å²) in [4.78, 5) is 16.9. The predicted octanol–water partition coefficient (Wildman–Crippen LogP) is 4.55. The average molecular weight is 314 g/mol. The summed E-state index contributed by atoms with van der Waals surface area (Å²) in [6.07, 6.45) is 7.14. The van der Waals surface area contributed by atoms with Crippen LogP contribution in [0.2, 0.25) is 0 Å². The van der Waals surface area contributed by atoms with Gasteiger partial charge in [-0.05, 0) is 35.8 Å². The molecule has 0 saturated heterocycles. The number of benzene rings is 1. The average Bonchev–Trinajstić information content (AvgIpc) is 2.60. The van der Waals surface area contributed by atoms with Crippen molar-refractivity contribution >= 4 is 6.03 Å². The lowest BCUT2D eigenvalue weighted by atomic mass is 9.68. The lowest BCUT2D eigenvalue weighted by Gasteiger charge is -2.48. The molecule has 3 heteroatoms. The Morgan fingerprint density at radius 3 is 2.39 bits per heavy atom. The highest BCUT2D eigenvalue weighted by molar-refractivity contribution is 5.75. The van der Waals surface area contributed by atoms with E-state index in [2.05, 4.69) is 43.0 Å². The van der Waals surface area contributed by atoms with Crippen molar-refractivity contribution in [2.24, 2.45) is 0 Å². The summed E-state index contributed by atoms with van der Waals surface area (Å²) in [5.41, 5.74) is 2.85. The minimum absolute atomic E-state index is 0.0160. The van der Waals surface area contributed by atoms with Gasteiger partial charge in [-0.15, -0.1) is 0 Å². The number of hydrogen-bond acceptors (Lipinski definition) is 1. The zero-order chi connectivity index (χ0) is 16.7. The highest BCUT2D eigenvalue weighted by atomic mass is 16.2. The molecule has 2 amide bonds. The van der Waals surface area contributed by atoms with Crippen LogP contribution in [0.5, 0.6) is 0 Å². The Kier molecular flexibility index (Phi) is 4.16. The van der Waals surface area contributed by atoms with Crippen molar-refractivity contribution in [1.82, 2.24) is 9.80 Å². The molecule has 2 aliphatic rings. The van der Waals surface area contributed by atoms with Gasteiger partial charge in [0.2, 0.25) is 0 Å². The van der Waals surface area contributed by atoms with Crippen molar-refractivity contribution in [3.63, 3.8) is 0 Å². The van der Waals surface area contributed by atoms with Gasteiger partial charge in [-0.3, -0.25) is 0 Å². The third-order valence-electron chi connectivity index (χ3n) is 5.82. The molecule has 0 unspecified atom stereocenters. The lowest BCUT2D eigenvalue weighted by Crippen LogP contribution is -2.56. The largest absolute Gasteiger partial charge is 0.331 e. The molecule has 1 fully saturated rings. The number of amides is 2. The first kappa shape index (κ1) is 16.4. The van der Waals surface area contributed by atoms with Crippen molar-refractivity contribution < 1.29 is 4.79 Å². The lowest BCUT2D eigenvalue weighted by molar-refractivity contribution is 0.0439. The molecule has 1 heterocycles. The second-order valence-electron chi connectivity index (χ2n) is 8.27. The van der Waals surface area contributed by atoms with Gasteiger partial charge in [0.1, 0.15) is 0 Å². The molecule has 3 rings (SSSR count). The summed E-state index contributed by atoms with van der Waals surface area (Å²) in [6.45, 7) is 5.45. The molecule has 0 radical (unpaired) electrons. The summed E-state index contributed by atoms with van der Waals surface area (Å²) in [5.74, 6) is 0. The van der Waals surface area contributed by atoms with Crippen LogP contribution in [0.3, 0.4) is 0 Å². The molecule has 1 aromatic rings. The van der Waals surface area contributed by atoms with Crippen LogP contribution >= 0.6 is 0 Å². The fourth-order valence-electron chi connectivity index (χ4n) is 4.84. The summed E-state index contributed by atoms with van der Waals surface area (Å²) in [5, 5.41) is 0. The number of fused-ring (bicyclic) bond motifs is 1. The quantitative estimate of drug-likeness (QED) is 0.689. The third kappa shape index (κ3) is 2.86. The Labute approximate surface area is 140 Å². The normalized spacial score (nSPS) is 22.3. The third-order valence-corrected chi connectivity index (χ3v) is 5.82. The van der Waals surface area contributed by atoms with Crippen LogP contribution in [0.25, 0.3) is 0 Å². The van der Waals surface area contributed by atoms with Crippen molar-refractivity contribution in [3.05, 3.63) is 35.4 Å². The zero-order valence-corrected chi connectivity index (χ0v) is 15.1. The molecule has 1 aromatic carbocycles. The Hall–Kier alpha value is -1.51. The Morgan fingerprint density at radius 2 is 1.74 bits per heavy atom. The zero-order valence-electron chi connectivity index (χ0n) is 15.1. The first-order valence-electron chi connectivity index (χ1n) is 8.93. The predicted molar refractivity (Wildman–Crippen MR) is 94.5 cm³/mol. The van der Waals surface area contributed by atoms with E-state index in [4.69, 9.17) is 0 Å². The van der Waals surface area contributed by atoms with Crippen LogP contribution in [0, 0.1) is 0 Å². The van der Waals surface area contributed by atoms with Crippen LogP contribution < -0.4 is 0 Å². The standard InChI is InChI=1S/C20H30N2O/c1-19(2)15-20(12-8-5-9-13-20)22(18(23)21(3)4)14-16-10-6-7-11-17(16)19/h6-7,10-11H,5,8-9,12-15H2,1-4H3. The second kappa shape index (κ2) is 5.85. The minimum Gasteiger partial charge on any atom is -0.331 e. The van der Waals surface area contributed by atoms with Gasteiger partial charge in [0.05, 0.1) is 0 Å². The van der Waals surface area contributed by atoms with Gasteiger partial charge in [0, 0.05) is 26.2 Å². The van der Waals surface area contributed by atoms with Crippen LogP contribution in [0.15, 0.2) is 24.3 Å². The van der Waals surface area contributed by atoms with E-state index in [1.807, 2.05) is 14.1 Å². The molecule has 126 valence electrons. The Bertz CT molecular complexity index is 585. The molecule has 0 aromatic heterocycles. The molecule has 0 N–H and O–H groups in total. The molecule has 1 spiro atoms. The SMILES string of the molecule is CN(C)C(=O)N1Cc2ccccc2C(C)(C)CC12CCCCC2. The van der Waals surface area contributed by atoms with Crippen LogP contribution in [0.1, 0.15) is 63.5 Å². The molecule has 23 heavy (non-hydrogen) atoms. The van der Waals surface area contributed by atoms with Crippen molar-refractivity contribution in [2.45, 2.75) is 69.9 Å². The minimum atomic E-state index is 0.0160. The summed E-state index contributed by atoms with van der Waals surface area (Å²) >= 11 is 0. The maximum Gasteiger partial charge on any atom is 0.320 e. The molecular formula is C20H30N2O.